The molecule has 5 heteroatoms. The van der Waals surface area contributed by atoms with Gasteiger partial charge < -0.3 is 5.32 Å². The number of nitro groups is 1. The largest absolute Gasteiger partial charge is 0.381 e. The Kier molecular flexibility index (Phi) is 4.02. The van der Waals surface area contributed by atoms with E-state index in [1.54, 1.807) is 25.1 Å². The summed E-state index contributed by atoms with van der Waals surface area (Å²) in [5, 5.41) is 14.7. The first-order valence-electron chi connectivity index (χ1n) is 5.80. The summed E-state index contributed by atoms with van der Waals surface area (Å²) in [6, 6.07) is 12.4. The van der Waals surface area contributed by atoms with Crippen molar-refractivity contribution in [2.75, 3.05) is 5.32 Å². The Balaban J connectivity index is 2.13. The standard InChI is InChI=1S/C14H13ClN2O2/c1-10-11(3-2-4-14(10)17(18)19)9-16-13-7-5-12(15)6-8-13/h2-8,16H,9H2,1H3. The molecule has 4 nitrogen and oxygen atoms in total. The maximum Gasteiger partial charge on any atom is 0.272 e. The highest BCUT2D eigenvalue weighted by Crippen LogP contribution is 2.22. The van der Waals surface area contributed by atoms with Gasteiger partial charge in [-0.2, -0.15) is 0 Å². The van der Waals surface area contributed by atoms with E-state index in [9.17, 15) is 10.1 Å². The van der Waals surface area contributed by atoms with Crippen molar-refractivity contribution in [1.82, 2.24) is 0 Å². The van der Waals surface area contributed by atoms with Crippen LogP contribution in [0.5, 0.6) is 0 Å². The van der Waals surface area contributed by atoms with E-state index in [1.807, 2.05) is 18.2 Å². The van der Waals surface area contributed by atoms with E-state index in [2.05, 4.69) is 5.32 Å². The van der Waals surface area contributed by atoms with Crippen LogP contribution in [0.1, 0.15) is 11.1 Å². The van der Waals surface area contributed by atoms with E-state index >= 15 is 0 Å². The van der Waals surface area contributed by atoms with Gasteiger partial charge in [0.05, 0.1) is 4.92 Å². The minimum atomic E-state index is -0.360. The Labute approximate surface area is 116 Å². The number of nitrogens with zero attached hydrogens (tertiary/aromatic N) is 1. The van der Waals surface area contributed by atoms with Gasteiger partial charge in [-0.05, 0) is 36.8 Å². The number of anilines is 1. The molecule has 2 aromatic rings. The Morgan fingerprint density at radius 3 is 2.53 bits per heavy atom. The molecule has 19 heavy (non-hydrogen) atoms. The summed E-state index contributed by atoms with van der Waals surface area (Å²) in [6.45, 7) is 2.30. The average molecular weight is 277 g/mol. The van der Waals surface area contributed by atoms with E-state index in [-0.39, 0.29) is 10.6 Å². The van der Waals surface area contributed by atoms with E-state index in [0.717, 1.165) is 11.3 Å². The number of hydrogen-bond acceptors (Lipinski definition) is 3. The van der Waals surface area contributed by atoms with E-state index < -0.39 is 0 Å². The number of rotatable bonds is 4. The van der Waals surface area contributed by atoms with Crippen LogP contribution >= 0.6 is 11.6 Å². The van der Waals surface area contributed by atoms with Gasteiger partial charge in [0, 0.05) is 28.9 Å². The van der Waals surface area contributed by atoms with Crippen LogP contribution in [-0.2, 0) is 6.54 Å². The van der Waals surface area contributed by atoms with Crippen molar-refractivity contribution in [3.63, 3.8) is 0 Å². The second kappa shape index (κ2) is 5.71. The zero-order chi connectivity index (χ0) is 13.8. The van der Waals surface area contributed by atoms with Crippen LogP contribution in [-0.4, -0.2) is 4.92 Å². The van der Waals surface area contributed by atoms with Crippen LogP contribution in [0.25, 0.3) is 0 Å². The summed E-state index contributed by atoms with van der Waals surface area (Å²) >= 11 is 5.81. The van der Waals surface area contributed by atoms with Gasteiger partial charge in [0.15, 0.2) is 0 Å². The smallest absolute Gasteiger partial charge is 0.272 e. The van der Waals surface area contributed by atoms with Crippen molar-refractivity contribution in [3.8, 4) is 0 Å². The lowest BCUT2D eigenvalue weighted by molar-refractivity contribution is -0.385. The molecule has 0 unspecified atom stereocenters. The molecule has 0 spiro atoms. The Hall–Kier alpha value is -2.07. The van der Waals surface area contributed by atoms with Gasteiger partial charge in [-0.15, -0.1) is 0 Å². The lowest BCUT2D eigenvalue weighted by atomic mass is 10.1. The second-order valence-electron chi connectivity index (χ2n) is 4.18. The first kappa shape index (κ1) is 13.4. The molecule has 0 radical (unpaired) electrons. The topological polar surface area (TPSA) is 55.2 Å². The Bertz CT molecular complexity index is 597. The Morgan fingerprint density at radius 2 is 1.89 bits per heavy atom. The lowest BCUT2D eigenvalue weighted by Crippen LogP contribution is -2.03. The Morgan fingerprint density at radius 1 is 1.21 bits per heavy atom. The van der Waals surface area contributed by atoms with E-state index in [1.165, 1.54) is 6.07 Å². The highest BCUT2D eigenvalue weighted by Gasteiger charge is 2.12. The molecule has 0 heterocycles. The maximum atomic E-state index is 10.9. The number of benzene rings is 2. The predicted molar refractivity (Wildman–Crippen MR) is 76.6 cm³/mol. The molecular weight excluding hydrogens is 264 g/mol. The molecular formula is C14H13ClN2O2. The van der Waals surface area contributed by atoms with Crippen molar-refractivity contribution >= 4 is 23.0 Å². The van der Waals surface area contributed by atoms with Crippen LogP contribution < -0.4 is 5.32 Å². The van der Waals surface area contributed by atoms with E-state index in [0.29, 0.717) is 17.1 Å². The normalized spacial score (nSPS) is 10.2. The zero-order valence-electron chi connectivity index (χ0n) is 10.4. The van der Waals surface area contributed by atoms with Crippen molar-refractivity contribution in [3.05, 3.63) is 68.7 Å². The van der Waals surface area contributed by atoms with Crippen molar-refractivity contribution in [2.45, 2.75) is 13.5 Å². The van der Waals surface area contributed by atoms with Gasteiger partial charge in [0.25, 0.3) is 5.69 Å². The first-order chi connectivity index (χ1) is 9.08. The first-order valence-corrected chi connectivity index (χ1v) is 6.18. The summed E-state index contributed by atoms with van der Waals surface area (Å²) < 4.78 is 0. The molecule has 0 aliphatic carbocycles. The summed E-state index contributed by atoms with van der Waals surface area (Å²) in [6.07, 6.45) is 0. The van der Waals surface area contributed by atoms with Gasteiger partial charge in [0.2, 0.25) is 0 Å². The molecule has 0 saturated carbocycles. The van der Waals surface area contributed by atoms with Crippen molar-refractivity contribution in [1.29, 1.82) is 0 Å². The van der Waals surface area contributed by atoms with Gasteiger partial charge in [-0.3, -0.25) is 10.1 Å². The number of nitrogens with one attached hydrogen (secondary N) is 1. The number of nitro benzene ring substituents is 1. The van der Waals surface area contributed by atoms with Gasteiger partial charge in [0.1, 0.15) is 0 Å². The van der Waals surface area contributed by atoms with Crippen molar-refractivity contribution < 1.29 is 4.92 Å². The second-order valence-corrected chi connectivity index (χ2v) is 4.62. The SMILES string of the molecule is Cc1c(CNc2ccc(Cl)cc2)cccc1[N+](=O)[O-]. The third-order valence-corrected chi connectivity index (χ3v) is 3.19. The lowest BCUT2D eigenvalue weighted by Gasteiger charge is -2.09. The summed E-state index contributed by atoms with van der Waals surface area (Å²) in [4.78, 5) is 10.5. The zero-order valence-corrected chi connectivity index (χ0v) is 11.1. The molecule has 2 aromatic carbocycles. The molecule has 0 bridgehead atoms. The molecule has 0 aromatic heterocycles. The highest BCUT2D eigenvalue weighted by atomic mass is 35.5. The number of hydrogen-bond donors (Lipinski definition) is 1. The fraction of sp³-hybridized carbons (Fsp3) is 0.143. The molecule has 0 saturated heterocycles. The quantitative estimate of drug-likeness (QED) is 0.673. The molecule has 98 valence electrons. The third-order valence-electron chi connectivity index (χ3n) is 2.94. The molecule has 0 fully saturated rings. The van der Waals surface area contributed by atoms with Crippen LogP contribution in [0.4, 0.5) is 11.4 Å². The van der Waals surface area contributed by atoms with Crippen LogP contribution in [0.3, 0.4) is 0 Å². The van der Waals surface area contributed by atoms with Gasteiger partial charge in [-0.25, -0.2) is 0 Å². The van der Waals surface area contributed by atoms with Crippen LogP contribution in [0.15, 0.2) is 42.5 Å². The van der Waals surface area contributed by atoms with Gasteiger partial charge in [-0.1, -0.05) is 23.7 Å². The predicted octanol–water partition coefficient (Wildman–Crippen LogP) is 4.17. The molecule has 2 rings (SSSR count). The maximum absolute atomic E-state index is 10.9. The molecule has 0 aliphatic rings. The summed E-state index contributed by atoms with van der Waals surface area (Å²) in [5.74, 6) is 0. The average Bonchev–Trinajstić information content (AvgIpc) is 2.39. The molecule has 0 aliphatic heterocycles. The summed E-state index contributed by atoms with van der Waals surface area (Å²) in [7, 11) is 0. The van der Waals surface area contributed by atoms with Gasteiger partial charge >= 0.3 is 0 Å². The molecule has 0 atom stereocenters. The number of halogens is 1. The van der Waals surface area contributed by atoms with E-state index in [4.69, 9.17) is 11.6 Å². The molecule has 1 N–H and O–H groups in total. The fourth-order valence-corrected chi connectivity index (χ4v) is 1.95. The van der Waals surface area contributed by atoms with Crippen LogP contribution in [0, 0.1) is 17.0 Å². The van der Waals surface area contributed by atoms with Crippen molar-refractivity contribution in [2.24, 2.45) is 0 Å². The monoisotopic (exact) mass is 276 g/mol. The third kappa shape index (κ3) is 3.23. The van der Waals surface area contributed by atoms with Crippen LogP contribution in [0.2, 0.25) is 5.02 Å². The summed E-state index contributed by atoms with van der Waals surface area (Å²) in [5.41, 5.74) is 2.67. The fourth-order valence-electron chi connectivity index (χ4n) is 1.82. The highest BCUT2D eigenvalue weighted by molar-refractivity contribution is 6.30. The molecule has 0 amide bonds. The minimum Gasteiger partial charge on any atom is -0.381 e. The minimum absolute atomic E-state index is 0.149.